The quantitative estimate of drug-likeness (QED) is 0.850. The van der Waals surface area contributed by atoms with Gasteiger partial charge in [-0.25, -0.2) is 0 Å². The Morgan fingerprint density at radius 2 is 2.31 bits per heavy atom. The van der Waals surface area contributed by atoms with Crippen molar-refractivity contribution in [2.24, 2.45) is 0 Å². The lowest BCUT2D eigenvalue weighted by atomic mass is 10.2. The van der Waals surface area contributed by atoms with Gasteiger partial charge in [0, 0.05) is 9.37 Å². The van der Waals surface area contributed by atoms with E-state index in [9.17, 15) is 4.79 Å². The first-order valence-electron chi connectivity index (χ1n) is 3.70. The summed E-state index contributed by atoms with van der Waals surface area (Å²) in [6.45, 7) is 1.97. The Balaban J connectivity index is 2.75. The van der Waals surface area contributed by atoms with Crippen LogP contribution in [0.4, 0.5) is 0 Å². The molecule has 0 saturated carbocycles. The van der Waals surface area contributed by atoms with Gasteiger partial charge in [0.15, 0.2) is 0 Å². The maximum Gasteiger partial charge on any atom is 0.313 e. The Bertz CT molecular complexity index is 325. The van der Waals surface area contributed by atoms with Crippen molar-refractivity contribution in [3.05, 3.63) is 28.2 Å². The third-order valence-corrected chi connectivity index (χ3v) is 3.14. The van der Waals surface area contributed by atoms with Crippen LogP contribution < -0.4 is 0 Å². The van der Waals surface area contributed by atoms with Gasteiger partial charge in [-0.05, 0) is 24.6 Å². The van der Waals surface area contributed by atoms with Crippen molar-refractivity contribution in [3.8, 4) is 0 Å². The van der Waals surface area contributed by atoms with E-state index in [0.29, 0.717) is 0 Å². The van der Waals surface area contributed by atoms with Crippen LogP contribution in [0, 0.1) is 6.92 Å². The predicted molar refractivity (Wildman–Crippen MR) is 57.2 cm³/mol. The molecule has 1 N–H and O–H groups in total. The maximum absolute atomic E-state index is 10.3. The second-order valence-electron chi connectivity index (χ2n) is 2.59. The van der Waals surface area contributed by atoms with Crippen LogP contribution >= 0.6 is 27.7 Å². The molecule has 0 bridgehead atoms. The number of benzene rings is 1. The summed E-state index contributed by atoms with van der Waals surface area (Å²) in [6.07, 6.45) is 0. The van der Waals surface area contributed by atoms with E-state index in [0.717, 1.165) is 14.9 Å². The van der Waals surface area contributed by atoms with E-state index in [2.05, 4.69) is 15.9 Å². The Labute approximate surface area is 89.5 Å². The van der Waals surface area contributed by atoms with Gasteiger partial charge in [-0.2, -0.15) is 0 Å². The Kier molecular flexibility index (Phi) is 3.81. The first-order valence-corrected chi connectivity index (χ1v) is 5.48. The van der Waals surface area contributed by atoms with Gasteiger partial charge >= 0.3 is 5.97 Å². The van der Waals surface area contributed by atoms with Crippen molar-refractivity contribution in [2.45, 2.75) is 11.8 Å². The predicted octanol–water partition coefficient (Wildman–Crippen LogP) is 2.93. The van der Waals surface area contributed by atoms with Gasteiger partial charge < -0.3 is 5.11 Å². The molecule has 0 amide bonds. The van der Waals surface area contributed by atoms with Gasteiger partial charge in [0.2, 0.25) is 0 Å². The number of hydrogen-bond acceptors (Lipinski definition) is 2. The zero-order chi connectivity index (χ0) is 9.84. The monoisotopic (exact) mass is 260 g/mol. The Morgan fingerprint density at radius 3 is 2.92 bits per heavy atom. The van der Waals surface area contributed by atoms with Crippen LogP contribution in [0.25, 0.3) is 0 Å². The molecule has 0 aliphatic carbocycles. The summed E-state index contributed by atoms with van der Waals surface area (Å²) in [7, 11) is 0. The number of rotatable bonds is 3. The van der Waals surface area contributed by atoms with Gasteiger partial charge in [-0.15, -0.1) is 11.8 Å². The second kappa shape index (κ2) is 4.67. The van der Waals surface area contributed by atoms with Gasteiger partial charge in [-0.3, -0.25) is 4.79 Å². The molecule has 1 aromatic carbocycles. The minimum Gasteiger partial charge on any atom is -0.481 e. The third kappa shape index (κ3) is 3.40. The summed E-state index contributed by atoms with van der Waals surface area (Å²) in [5.41, 5.74) is 1.11. The smallest absolute Gasteiger partial charge is 0.313 e. The van der Waals surface area contributed by atoms with Crippen molar-refractivity contribution in [3.63, 3.8) is 0 Å². The molecular weight excluding hydrogens is 252 g/mol. The number of carbonyl (C=O) groups is 1. The van der Waals surface area contributed by atoms with Crippen molar-refractivity contribution < 1.29 is 9.90 Å². The van der Waals surface area contributed by atoms with Gasteiger partial charge in [0.25, 0.3) is 0 Å². The number of carboxylic acids is 1. The van der Waals surface area contributed by atoms with E-state index in [1.807, 2.05) is 25.1 Å². The van der Waals surface area contributed by atoms with E-state index >= 15 is 0 Å². The lowest BCUT2D eigenvalue weighted by molar-refractivity contribution is -0.133. The molecule has 0 aliphatic rings. The molecule has 0 radical (unpaired) electrons. The van der Waals surface area contributed by atoms with Crippen LogP contribution in [0.1, 0.15) is 5.56 Å². The zero-order valence-corrected chi connectivity index (χ0v) is 9.48. The lowest BCUT2D eigenvalue weighted by Crippen LogP contribution is -1.97. The molecule has 0 saturated heterocycles. The molecule has 2 nitrogen and oxygen atoms in total. The molecule has 1 aromatic rings. The van der Waals surface area contributed by atoms with Crippen LogP contribution in [0.15, 0.2) is 27.6 Å². The molecule has 0 atom stereocenters. The highest BCUT2D eigenvalue weighted by Gasteiger charge is 2.02. The van der Waals surface area contributed by atoms with E-state index in [1.54, 1.807) is 0 Å². The van der Waals surface area contributed by atoms with E-state index in [4.69, 9.17) is 5.11 Å². The number of aliphatic carboxylic acids is 1. The summed E-state index contributed by atoms with van der Waals surface area (Å²) in [5.74, 6) is -0.679. The van der Waals surface area contributed by atoms with Gasteiger partial charge in [0.1, 0.15) is 0 Å². The highest BCUT2D eigenvalue weighted by molar-refractivity contribution is 9.10. The Hall–Kier alpha value is -0.480. The van der Waals surface area contributed by atoms with Crippen molar-refractivity contribution in [2.75, 3.05) is 5.75 Å². The molecule has 4 heteroatoms. The molecule has 13 heavy (non-hydrogen) atoms. The SMILES string of the molecule is Cc1ccc(Br)cc1SCC(=O)O. The maximum atomic E-state index is 10.3. The molecule has 70 valence electrons. The number of thioether (sulfide) groups is 1. The van der Waals surface area contributed by atoms with Crippen LogP contribution in [-0.4, -0.2) is 16.8 Å². The first-order chi connectivity index (χ1) is 6.09. The molecule has 0 aliphatic heterocycles. The van der Waals surface area contributed by atoms with E-state index in [-0.39, 0.29) is 5.75 Å². The lowest BCUT2D eigenvalue weighted by Gasteiger charge is -2.03. The molecule has 0 fully saturated rings. The third-order valence-electron chi connectivity index (χ3n) is 1.50. The fourth-order valence-corrected chi connectivity index (χ4v) is 2.17. The summed E-state index contributed by atoms with van der Waals surface area (Å²) >= 11 is 4.68. The number of carboxylic acid groups (broad SMARTS) is 1. The molecule has 1 rings (SSSR count). The summed E-state index contributed by atoms with van der Waals surface area (Å²) in [5, 5.41) is 8.50. The fraction of sp³-hybridized carbons (Fsp3) is 0.222. The van der Waals surface area contributed by atoms with E-state index < -0.39 is 5.97 Å². The molecule has 0 unspecified atom stereocenters. The number of hydrogen-bond donors (Lipinski definition) is 1. The molecule has 0 heterocycles. The standard InChI is InChI=1S/C9H9BrO2S/c1-6-2-3-7(10)4-8(6)13-5-9(11)12/h2-4H,5H2,1H3,(H,11,12). The summed E-state index contributed by atoms with van der Waals surface area (Å²) < 4.78 is 0.978. The Morgan fingerprint density at radius 1 is 1.62 bits per heavy atom. The zero-order valence-electron chi connectivity index (χ0n) is 7.08. The summed E-state index contributed by atoms with van der Waals surface area (Å²) in [6, 6.07) is 5.84. The largest absolute Gasteiger partial charge is 0.481 e. The minimum atomic E-state index is -0.788. The normalized spacial score (nSPS) is 10.0. The average molecular weight is 261 g/mol. The van der Waals surface area contributed by atoms with Crippen LogP contribution in [-0.2, 0) is 4.79 Å². The van der Waals surface area contributed by atoms with E-state index in [1.165, 1.54) is 11.8 Å². The van der Waals surface area contributed by atoms with Crippen LogP contribution in [0.3, 0.4) is 0 Å². The van der Waals surface area contributed by atoms with Gasteiger partial charge in [0.05, 0.1) is 5.75 Å². The molecular formula is C9H9BrO2S. The molecule has 0 spiro atoms. The van der Waals surface area contributed by atoms with Crippen LogP contribution in [0.2, 0.25) is 0 Å². The fourth-order valence-electron chi connectivity index (χ4n) is 0.869. The number of aryl methyl sites for hydroxylation is 1. The average Bonchev–Trinajstić information content (AvgIpc) is 2.06. The molecule has 0 aromatic heterocycles. The van der Waals surface area contributed by atoms with Crippen molar-refractivity contribution >= 4 is 33.7 Å². The highest BCUT2D eigenvalue weighted by Crippen LogP contribution is 2.25. The van der Waals surface area contributed by atoms with Gasteiger partial charge in [-0.1, -0.05) is 22.0 Å². The topological polar surface area (TPSA) is 37.3 Å². The second-order valence-corrected chi connectivity index (χ2v) is 4.53. The highest BCUT2D eigenvalue weighted by atomic mass is 79.9. The number of halogens is 1. The van der Waals surface area contributed by atoms with Crippen molar-refractivity contribution in [1.29, 1.82) is 0 Å². The minimum absolute atomic E-state index is 0.108. The van der Waals surface area contributed by atoms with Crippen LogP contribution in [0.5, 0.6) is 0 Å². The first kappa shape index (κ1) is 10.6. The van der Waals surface area contributed by atoms with Crippen molar-refractivity contribution in [1.82, 2.24) is 0 Å². The summed E-state index contributed by atoms with van der Waals surface area (Å²) in [4.78, 5) is 11.3.